The Labute approximate surface area is 110 Å². The van der Waals surface area contributed by atoms with Crippen LogP contribution in [-0.4, -0.2) is 12.5 Å². The molecule has 100 valence electrons. The van der Waals surface area contributed by atoms with E-state index in [1.54, 1.807) is 12.3 Å². The SMILES string of the molecule is C=C(C)C(/C=C/CC)=C(/C=C/NC(C)C)OC=O. The molecule has 0 aliphatic heterocycles. The van der Waals surface area contributed by atoms with Gasteiger partial charge in [-0.25, -0.2) is 0 Å². The summed E-state index contributed by atoms with van der Waals surface area (Å²) in [6.07, 6.45) is 8.34. The van der Waals surface area contributed by atoms with Gasteiger partial charge in [0.2, 0.25) is 0 Å². The van der Waals surface area contributed by atoms with Crippen LogP contribution in [0.3, 0.4) is 0 Å². The van der Waals surface area contributed by atoms with E-state index < -0.39 is 0 Å². The zero-order valence-corrected chi connectivity index (χ0v) is 11.7. The predicted octanol–water partition coefficient (Wildman–Crippen LogP) is 3.47. The molecule has 0 aromatic rings. The van der Waals surface area contributed by atoms with Crippen molar-refractivity contribution in [3.8, 4) is 0 Å². The highest BCUT2D eigenvalue weighted by Crippen LogP contribution is 2.17. The van der Waals surface area contributed by atoms with Crippen LogP contribution in [0.1, 0.15) is 34.1 Å². The summed E-state index contributed by atoms with van der Waals surface area (Å²) in [6, 6.07) is 0.332. The lowest BCUT2D eigenvalue weighted by molar-refractivity contribution is -0.124. The maximum atomic E-state index is 10.5. The number of carbonyl (C=O) groups is 1. The molecule has 0 saturated carbocycles. The summed E-state index contributed by atoms with van der Waals surface area (Å²) in [5.41, 5.74) is 1.68. The molecule has 0 amide bonds. The Morgan fingerprint density at radius 2 is 2.06 bits per heavy atom. The van der Waals surface area contributed by atoms with Crippen molar-refractivity contribution in [3.05, 3.63) is 47.9 Å². The van der Waals surface area contributed by atoms with Gasteiger partial charge >= 0.3 is 0 Å². The van der Waals surface area contributed by atoms with Gasteiger partial charge in [-0.2, -0.15) is 0 Å². The van der Waals surface area contributed by atoms with Gasteiger partial charge in [-0.3, -0.25) is 4.79 Å². The zero-order chi connectivity index (χ0) is 14.0. The van der Waals surface area contributed by atoms with Gasteiger partial charge in [-0.1, -0.05) is 25.7 Å². The van der Waals surface area contributed by atoms with Crippen molar-refractivity contribution >= 4 is 6.47 Å². The second kappa shape index (κ2) is 9.28. The third kappa shape index (κ3) is 6.74. The Morgan fingerprint density at radius 1 is 1.39 bits per heavy atom. The largest absolute Gasteiger partial charge is 0.428 e. The van der Waals surface area contributed by atoms with E-state index in [9.17, 15) is 4.79 Å². The van der Waals surface area contributed by atoms with E-state index in [1.165, 1.54) is 0 Å². The summed E-state index contributed by atoms with van der Waals surface area (Å²) in [4.78, 5) is 10.5. The van der Waals surface area contributed by atoms with Gasteiger partial charge in [0.05, 0.1) is 0 Å². The fourth-order valence-corrected chi connectivity index (χ4v) is 1.23. The van der Waals surface area contributed by atoms with Crippen molar-refractivity contribution in [2.24, 2.45) is 0 Å². The van der Waals surface area contributed by atoms with Crippen LogP contribution in [0.2, 0.25) is 0 Å². The molecule has 0 spiro atoms. The van der Waals surface area contributed by atoms with Crippen LogP contribution in [0.5, 0.6) is 0 Å². The second-order valence-electron chi connectivity index (χ2n) is 4.24. The van der Waals surface area contributed by atoms with Crippen LogP contribution in [0.25, 0.3) is 0 Å². The van der Waals surface area contributed by atoms with Crippen LogP contribution in [0.15, 0.2) is 47.9 Å². The van der Waals surface area contributed by atoms with Gasteiger partial charge in [0, 0.05) is 17.8 Å². The van der Waals surface area contributed by atoms with Crippen molar-refractivity contribution in [3.63, 3.8) is 0 Å². The topological polar surface area (TPSA) is 38.3 Å². The molecular weight excluding hydrogens is 226 g/mol. The minimum atomic E-state index is 0.332. The average molecular weight is 249 g/mol. The second-order valence-corrected chi connectivity index (χ2v) is 4.24. The van der Waals surface area contributed by atoms with Gasteiger partial charge in [0.15, 0.2) is 0 Å². The normalized spacial score (nSPS) is 12.9. The van der Waals surface area contributed by atoms with Crippen molar-refractivity contribution < 1.29 is 9.53 Å². The van der Waals surface area contributed by atoms with Crippen LogP contribution < -0.4 is 5.32 Å². The van der Waals surface area contributed by atoms with Gasteiger partial charge in [0.1, 0.15) is 5.76 Å². The highest BCUT2D eigenvalue weighted by Gasteiger charge is 2.03. The molecule has 3 nitrogen and oxygen atoms in total. The first-order valence-corrected chi connectivity index (χ1v) is 6.12. The number of rotatable bonds is 8. The maximum absolute atomic E-state index is 10.5. The maximum Gasteiger partial charge on any atom is 0.298 e. The quantitative estimate of drug-likeness (QED) is 0.406. The minimum Gasteiger partial charge on any atom is -0.428 e. The van der Waals surface area contributed by atoms with E-state index in [4.69, 9.17) is 4.74 Å². The molecule has 18 heavy (non-hydrogen) atoms. The molecule has 0 fully saturated rings. The Bertz CT molecular complexity index is 363. The lowest BCUT2D eigenvalue weighted by Crippen LogP contribution is -2.15. The average Bonchev–Trinajstić information content (AvgIpc) is 2.28. The van der Waals surface area contributed by atoms with E-state index in [1.807, 2.05) is 39.8 Å². The van der Waals surface area contributed by atoms with Crippen molar-refractivity contribution in [2.75, 3.05) is 0 Å². The zero-order valence-electron chi connectivity index (χ0n) is 11.7. The molecular formula is C15H23NO2. The molecule has 3 heteroatoms. The molecule has 0 bridgehead atoms. The summed E-state index contributed by atoms with van der Waals surface area (Å²) in [5.74, 6) is 0.496. The number of allylic oxidation sites excluding steroid dienone is 5. The Morgan fingerprint density at radius 3 is 2.50 bits per heavy atom. The fourth-order valence-electron chi connectivity index (χ4n) is 1.23. The molecule has 0 heterocycles. The van der Waals surface area contributed by atoms with Crippen LogP contribution in [-0.2, 0) is 9.53 Å². The first kappa shape index (κ1) is 16.2. The monoisotopic (exact) mass is 249 g/mol. The molecule has 0 radical (unpaired) electrons. The van der Waals surface area contributed by atoms with Crippen LogP contribution >= 0.6 is 0 Å². The summed E-state index contributed by atoms with van der Waals surface area (Å²) >= 11 is 0. The molecule has 0 rings (SSSR count). The van der Waals surface area contributed by atoms with Gasteiger partial charge in [-0.15, -0.1) is 0 Å². The van der Waals surface area contributed by atoms with Crippen LogP contribution in [0.4, 0.5) is 0 Å². The Kier molecular flexibility index (Phi) is 8.37. The van der Waals surface area contributed by atoms with Gasteiger partial charge < -0.3 is 10.1 Å². The molecule has 0 aliphatic rings. The Hall–Kier alpha value is -1.77. The lowest BCUT2D eigenvalue weighted by Gasteiger charge is -2.08. The van der Waals surface area contributed by atoms with E-state index in [-0.39, 0.29) is 0 Å². The van der Waals surface area contributed by atoms with E-state index in [0.717, 1.165) is 17.6 Å². The third-order valence-electron chi connectivity index (χ3n) is 2.08. The summed E-state index contributed by atoms with van der Waals surface area (Å²) < 4.78 is 5.00. The number of nitrogens with one attached hydrogen (secondary N) is 1. The third-order valence-corrected chi connectivity index (χ3v) is 2.08. The van der Waals surface area contributed by atoms with Gasteiger partial charge in [-0.05, 0) is 38.8 Å². The molecule has 0 aromatic heterocycles. The Balaban J connectivity index is 5.19. The van der Waals surface area contributed by atoms with Crippen molar-refractivity contribution in [1.82, 2.24) is 5.32 Å². The molecule has 0 aromatic carbocycles. The molecule has 0 saturated heterocycles. The smallest absolute Gasteiger partial charge is 0.298 e. The van der Waals surface area contributed by atoms with Gasteiger partial charge in [0.25, 0.3) is 6.47 Å². The first-order valence-electron chi connectivity index (χ1n) is 6.12. The lowest BCUT2D eigenvalue weighted by atomic mass is 10.1. The molecule has 0 unspecified atom stereocenters. The number of hydrogen-bond acceptors (Lipinski definition) is 3. The van der Waals surface area contributed by atoms with E-state index in [2.05, 4.69) is 11.9 Å². The summed E-state index contributed by atoms with van der Waals surface area (Å²) in [6.45, 7) is 12.3. The summed E-state index contributed by atoms with van der Waals surface area (Å²) in [5, 5.41) is 3.12. The first-order chi connectivity index (χ1) is 8.52. The minimum absolute atomic E-state index is 0.332. The molecule has 0 aliphatic carbocycles. The van der Waals surface area contributed by atoms with E-state index in [0.29, 0.717) is 18.3 Å². The number of carbonyl (C=O) groups excluding carboxylic acids is 1. The number of ether oxygens (including phenoxy) is 1. The highest BCUT2D eigenvalue weighted by atomic mass is 16.5. The fraction of sp³-hybridized carbons (Fsp3) is 0.400. The predicted molar refractivity (Wildman–Crippen MR) is 75.8 cm³/mol. The van der Waals surface area contributed by atoms with E-state index >= 15 is 0 Å². The van der Waals surface area contributed by atoms with Crippen molar-refractivity contribution in [1.29, 1.82) is 0 Å². The molecule has 1 N–H and O–H groups in total. The number of hydrogen-bond donors (Lipinski definition) is 1. The highest BCUT2D eigenvalue weighted by molar-refractivity contribution is 5.48. The van der Waals surface area contributed by atoms with Crippen molar-refractivity contribution in [2.45, 2.75) is 40.2 Å². The summed E-state index contributed by atoms with van der Waals surface area (Å²) in [7, 11) is 0. The van der Waals surface area contributed by atoms with Crippen LogP contribution in [0, 0.1) is 0 Å². The molecule has 0 atom stereocenters. The standard InChI is InChI=1S/C15H23NO2/c1-6-7-8-14(12(2)3)15(18-11-17)9-10-16-13(4)5/h7-11,13,16H,2,6H2,1,3-5H3/b8-7+,10-9+,15-14-.